The van der Waals surface area contributed by atoms with Crippen LogP contribution in [-0.4, -0.2) is 28.6 Å². The summed E-state index contributed by atoms with van der Waals surface area (Å²) in [6.07, 6.45) is 0.185. The van der Waals surface area contributed by atoms with E-state index in [2.05, 4.69) is 4.74 Å². The zero-order valence-corrected chi connectivity index (χ0v) is 7.93. The van der Waals surface area contributed by atoms with Crippen LogP contribution in [0.25, 0.3) is 0 Å². The molecule has 2 N–H and O–H groups in total. The third-order valence-corrected chi connectivity index (χ3v) is 2.72. The van der Waals surface area contributed by atoms with Crippen molar-refractivity contribution < 1.29 is 19.7 Å². The molecule has 0 aromatic heterocycles. The lowest BCUT2D eigenvalue weighted by Gasteiger charge is -2.40. The molecule has 1 fully saturated rings. The summed E-state index contributed by atoms with van der Waals surface area (Å²) >= 11 is 0. The highest BCUT2D eigenvalue weighted by molar-refractivity contribution is 5.38. The van der Waals surface area contributed by atoms with E-state index in [4.69, 9.17) is 0 Å². The summed E-state index contributed by atoms with van der Waals surface area (Å²) in [5, 5.41) is 19.4. The number of hydrogen-bond donors (Lipinski definition) is 2. The first-order valence-electron chi connectivity index (χ1n) is 4.50. The quantitative estimate of drug-likeness (QED) is 0.482. The van der Waals surface area contributed by atoms with E-state index in [1.54, 1.807) is 0 Å². The Bertz CT molecular complexity index is 180. The normalized spacial score (nSPS) is 45.7. The van der Waals surface area contributed by atoms with Crippen molar-refractivity contribution in [2.24, 2.45) is 11.8 Å². The van der Waals surface area contributed by atoms with Gasteiger partial charge >= 0.3 is 0 Å². The number of ether oxygens (including phenoxy) is 1. The van der Waals surface area contributed by atoms with Gasteiger partial charge in [-0.1, -0.05) is 13.8 Å². The monoisotopic (exact) mass is 188 g/mol. The molecular formula is C9H16O4. The Morgan fingerprint density at radius 1 is 1.38 bits per heavy atom. The first-order chi connectivity index (χ1) is 5.98. The van der Waals surface area contributed by atoms with Crippen molar-refractivity contribution in [2.75, 3.05) is 0 Å². The molecule has 0 aromatic carbocycles. The molecule has 76 valence electrons. The van der Waals surface area contributed by atoms with Crippen molar-refractivity contribution in [3.8, 4) is 0 Å². The van der Waals surface area contributed by atoms with E-state index in [0.717, 1.165) is 0 Å². The van der Waals surface area contributed by atoms with Gasteiger partial charge in [0.15, 0.2) is 0 Å². The molecule has 1 aliphatic carbocycles. The summed E-state index contributed by atoms with van der Waals surface area (Å²) < 4.78 is 4.62. The summed E-state index contributed by atoms with van der Waals surface area (Å²) in [6.45, 7) is 3.93. The molecule has 0 radical (unpaired) electrons. The van der Waals surface area contributed by atoms with Crippen LogP contribution < -0.4 is 0 Å². The Kier molecular flexibility index (Phi) is 2.93. The first kappa shape index (κ1) is 10.5. The van der Waals surface area contributed by atoms with Crippen LogP contribution in [0, 0.1) is 11.8 Å². The maximum Gasteiger partial charge on any atom is 0.295 e. The van der Waals surface area contributed by atoms with E-state index >= 15 is 0 Å². The van der Waals surface area contributed by atoms with Crippen molar-refractivity contribution in [1.82, 2.24) is 0 Å². The maximum atomic E-state index is 10.1. The number of carbonyl (C=O) groups excluding carboxylic acids is 1. The molecule has 0 spiro atoms. The van der Waals surface area contributed by atoms with E-state index in [1.165, 1.54) is 0 Å². The van der Waals surface area contributed by atoms with E-state index < -0.39 is 11.9 Å². The lowest BCUT2D eigenvalue weighted by atomic mass is 9.77. The van der Waals surface area contributed by atoms with Crippen LogP contribution >= 0.6 is 0 Å². The second-order valence-electron chi connectivity index (χ2n) is 4.01. The molecule has 1 aliphatic rings. The molecule has 0 aliphatic heterocycles. The predicted molar refractivity (Wildman–Crippen MR) is 45.7 cm³/mol. The molecule has 0 bridgehead atoms. The zero-order chi connectivity index (χ0) is 10.1. The lowest BCUT2D eigenvalue weighted by Crippen LogP contribution is -2.46. The Labute approximate surface area is 77.5 Å². The summed E-state index contributed by atoms with van der Waals surface area (Å²) in [6, 6.07) is 0. The van der Waals surface area contributed by atoms with Crippen LogP contribution in [0.15, 0.2) is 0 Å². The van der Waals surface area contributed by atoms with Crippen molar-refractivity contribution in [3.05, 3.63) is 0 Å². The number of aliphatic hydroxyl groups excluding tert-OH is 1. The fraction of sp³-hybridized carbons (Fsp3) is 0.889. The average molecular weight is 188 g/mol. The van der Waals surface area contributed by atoms with Gasteiger partial charge in [0, 0.05) is 12.8 Å². The van der Waals surface area contributed by atoms with Gasteiger partial charge in [-0.2, -0.15) is 0 Å². The standard InChI is InChI=1S/C9H16O4/c1-6-3-9(12,13-5-10)4-7(2)8(6)11/h5-8,11-12H,3-4H2,1-2H3. The molecule has 4 nitrogen and oxygen atoms in total. The second kappa shape index (κ2) is 3.64. The number of rotatable bonds is 2. The summed E-state index contributed by atoms with van der Waals surface area (Å²) in [5.41, 5.74) is 0. The smallest absolute Gasteiger partial charge is 0.295 e. The van der Waals surface area contributed by atoms with E-state index in [0.29, 0.717) is 12.8 Å². The molecule has 2 unspecified atom stereocenters. The van der Waals surface area contributed by atoms with E-state index in [-0.39, 0.29) is 18.3 Å². The number of hydrogen-bond acceptors (Lipinski definition) is 4. The van der Waals surface area contributed by atoms with Gasteiger partial charge in [-0.15, -0.1) is 0 Å². The fourth-order valence-corrected chi connectivity index (χ4v) is 2.08. The molecule has 0 aromatic rings. The molecule has 0 amide bonds. The minimum atomic E-state index is -1.38. The van der Waals surface area contributed by atoms with Crippen molar-refractivity contribution in [3.63, 3.8) is 0 Å². The minimum Gasteiger partial charge on any atom is -0.435 e. The molecule has 4 heteroatoms. The van der Waals surface area contributed by atoms with Gasteiger partial charge in [0.1, 0.15) is 0 Å². The Morgan fingerprint density at radius 3 is 2.23 bits per heavy atom. The van der Waals surface area contributed by atoms with Gasteiger partial charge in [0.2, 0.25) is 5.79 Å². The first-order valence-corrected chi connectivity index (χ1v) is 4.50. The molecule has 0 heterocycles. The van der Waals surface area contributed by atoms with Crippen LogP contribution in [0.4, 0.5) is 0 Å². The SMILES string of the molecule is CC1CC(O)(OC=O)CC(C)C1O. The van der Waals surface area contributed by atoms with Gasteiger partial charge in [0.25, 0.3) is 6.47 Å². The van der Waals surface area contributed by atoms with Crippen LogP contribution in [0.3, 0.4) is 0 Å². The van der Waals surface area contributed by atoms with Crippen LogP contribution in [-0.2, 0) is 9.53 Å². The van der Waals surface area contributed by atoms with Gasteiger partial charge in [-0.05, 0) is 11.8 Å². The average Bonchev–Trinajstić information content (AvgIpc) is 2.00. The predicted octanol–water partition coefficient (Wildman–Crippen LogP) is 0.275. The maximum absolute atomic E-state index is 10.1. The topological polar surface area (TPSA) is 66.8 Å². The van der Waals surface area contributed by atoms with Crippen molar-refractivity contribution in [2.45, 2.75) is 38.6 Å². The summed E-state index contributed by atoms with van der Waals surface area (Å²) in [7, 11) is 0. The summed E-state index contributed by atoms with van der Waals surface area (Å²) in [4.78, 5) is 10.1. The Morgan fingerprint density at radius 2 is 1.85 bits per heavy atom. The van der Waals surface area contributed by atoms with Gasteiger partial charge in [0.05, 0.1) is 6.10 Å². The van der Waals surface area contributed by atoms with Gasteiger partial charge in [-0.25, -0.2) is 0 Å². The fourth-order valence-electron chi connectivity index (χ4n) is 2.08. The molecule has 13 heavy (non-hydrogen) atoms. The molecule has 0 saturated heterocycles. The second-order valence-corrected chi connectivity index (χ2v) is 4.01. The van der Waals surface area contributed by atoms with Crippen LogP contribution in [0.1, 0.15) is 26.7 Å². The molecular weight excluding hydrogens is 172 g/mol. The highest BCUT2D eigenvalue weighted by Crippen LogP contribution is 2.36. The van der Waals surface area contributed by atoms with Gasteiger partial charge < -0.3 is 14.9 Å². The van der Waals surface area contributed by atoms with E-state index in [1.807, 2.05) is 13.8 Å². The number of carbonyl (C=O) groups is 1. The molecule has 1 saturated carbocycles. The third kappa shape index (κ3) is 2.19. The molecule has 1 rings (SSSR count). The summed E-state index contributed by atoms with van der Waals surface area (Å²) in [5.74, 6) is -1.47. The lowest BCUT2D eigenvalue weighted by molar-refractivity contribution is -0.232. The number of aliphatic hydroxyl groups is 2. The zero-order valence-electron chi connectivity index (χ0n) is 7.93. The largest absolute Gasteiger partial charge is 0.435 e. The molecule has 2 atom stereocenters. The van der Waals surface area contributed by atoms with Crippen molar-refractivity contribution >= 4 is 6.47 Å². The Balaban J connectivity index is 2.66. The van der Waals surface area contributed by atoms with Crippen LogP contribution in [0.5, 0.6) is 0 Å². The minimum absolute atomic E-state index is 0.0475. The highest BCUT2D eigenvalue weighted by Gasteiger charge is 2.42. The Hall–Kier alpha value is -0.610. The van der Waals surface area contributed by atoms with Crippen LogP contribution in [0.2, 0.25) is 0 Å². The third-order valence-electron chi connectivity index (χ3n) is 2.72. The highest BCUT2D eigenvalue weighted by atomic mass is 16.6. The van der Waals surface area contributed by atoms with Gasteiger partial charge in [-0.3, -0.25) is 4.79 Å². The van der Waals surface area contributed by atoms with Crippen molar-refractivity contribution in [1.29, 1.82) is 0 Å². The van der Waals surface area contributed by atoms with E-state index in [9.17, 15) is 15.0 Å².